The molecule has 2 aliphatic rings. The first-order valence-corrected chi connectivity index (χ1v) is 7.78. The molecule has 1 N–H and O–H groups in total. The summed E-state index contributed by atoms with van der Waals surface area (Å²) in [4.78, 5) is 22.6. The van der Waals surface area contributed by atoms with Gasteiger partial charge in [0.15, 0.2) is 0 Å². The number of rotatable bonds is 3. The number of nitrogens with one attached hydrogen (secondary N) is 1. The molecule has 1 aliphatic heterocycles. The summed E-state index contributed by atoms with van der Waals surface area (Å²) in [6.07, 6.45) is 9.46. The van der Waals surface area contributed by atoms with Crippen molar-refractivity contribution in [3.8, 4) is 0 Å². The van der Waals surface area contributed by atoms with Gasteiger partial charge in [-0.1, -0.05) is 19.3 Å². The lowest BCUT2D eigenvalue weighted by molar-refractivity contribution is 0.0302. The van der Waals surface area contributed by atoms with E-state index < -0.39 is 0 Å². The molecule has 0 bridgehead atoms. The molecule has 0 aromatic carbocycles. The number of hydrogen-bond donors (Lipinski definition) is 1. The number of hydrogen-bond acceptors (Lipinski definition) is 5. The number of carbonyl (C=O) groups excluding carboxylic acids is 1. The molecule has 6 nitrogen and oxygen atoms in total. The van der Waals surface area contributed by atoms with Crippen LogP contribution in [0.5, 0.6) is 0 Å². The van der Waals surface area contributed by atoms with Gasteiger partial charge in [-0.05, 0) is 12.8 Å². The minimum atomic E-state index is -0.0116. The molecule has 21 heavy (non-hydrogen) atoms. The van der Waals surface area contributed by atoms with E-state index in [9.17, 15) is 4.79 Å². The fourth-order valence-corrected chi connectivity index (χ4v) is 2.89. The third-order valence-electron chi connectivity index (χ3n) is 4.14. The van der Waals surface area contributed by atoms with Crippen molar-refractivity contribution < 1.29 is 9.53 Å². The molecule has 0 radical (unpaired) electrons. The third kappa shape index (κ3) is 3.69. The smallest absolute Gasteiger partial charge is 0.257 e. The van der Waals surface area contributed by atoms with E-state index in [1.807, 2.05) is 0 Å². The molecule has 1 aromatic heterocycles. The number of anilines is 1. The van der Waals surface area contributed by atoms with Gasteiger partial charge in [0, 0.05) is 31.5 Å². The highest BCUT2D eigenvalue weighted by Crippen LogP contribution is 2.20. The van der Waals surface area contributed by atoms with E-state index in [4.69, 9.17) is 4.74 Å². The zero-order valence-electron chi connectivity index (χ0n) is 12.3. The van der Waals surface area contributed by atoms with Crippen LogP contribution in [0.15, 0.2) is 12.4 Å². The Balaban J connectivity index is 1.59. The number of nitrogens with zero attached hydrogens (tertiary/aromatic N) is 3. The molecule has 2 heterocycles. The van der Waals surface area contributed by atoms with Crippen LogP contribution >= 0.6 is 0 Å². The van der Waals surface area contributed by atoms with Crippen molar-refractivity contribution in [1.29, 1.82) is 0 Å². The topological polar surface area (TPSA) is 67.4 Å². The Labute approximate surface area is 124 Å². The highest BCUT2D eigenvalue weighted by atomic mass is 16.5. The fraction of sp³-hybridized carbons (Fsp3) is 0.667. The van der Waals surface area contributed by atoms with Gasteiger partial charge in [-0.25, -0.2) is 9.97 Å². The molecule has 1 aliphatic carbocycles. The predicted octanol–water partition coefficient (Wildman–Crippen LogP) is 1.69. The summed E-state index contributed by atoms with van der Waals surface area (Å²) >= 11 is 0. The summed E-state index contributed by atoms with van der Waals surface area (Å²) in [7, 11) is 0. The second-order valence-corrected chi connectivity index (χ2v) is 5.68. The lowest BCUT2D eigenvalue weighted by atomic mass is 9.96. The first-order chi connectivity index (χ1) is 10.3. The normalized spacial score (nSPS) is 20.3. The lowest BCUT2D eigenvalue weighted by Gasteiger charge is -2.26. The summed E-state index contributed by atoms with van der Waals surface area (Å²) < 4.78 is 5.25. The van der Waals surface area contributed by atoms with Crippen molar-refractivity contribution in [1.82, 2.24) is 14.9 Å². The molecular formula is C15H22N4O2. The van der Waals surface area contributed by atoms with E-state index in [2.05, 4.69) is 15.3 Å². The number of amides is 1. The summed E-state index contributed by atoms with van der Waals surface area (Å²) in [5.74, 6) is 0.614. The van der Waals surface area contributed by atoms with Crippen LogP contribution in [0.1, 0.15) is 42.5 Å². The Bertz CT molecular complexity index is 465. The Morgan fingerprint density at radius 2 is 1.81 bits per heavy atom. The molecule has 3 rings (SSSR count). The quantitative estimate of drug-likeness (QED) is 0.917. The van der Waals surface area contributed by atoms with Crippen LogP contribution in [-0.4, -0.2) is 53.1 Å². The van der Waals surface area contributed by atoms with Gasteiger partial charge < -0.3 is 15.0 Å². The Kier molecular flexibility index (Phi) is 4.65. The molecule has 1 saturated heterocycles. The Morgan fingerprint density at radius 1 is 1.14 bits per heavy atom. The van der Waals surface area contributed by atoms with Gasteiger partial charge in [0.2, 0.25) is 5.95 Å². The highest BCUT2D eigenvalue weighted by molar-refractivity contribution is 5.93. The fourth-order valence-electron chi connectivity index (χ4n) is 2.89. The van der Waals surface area contributed by atoms with E-state index in [1.165, 1.54) is 32.1 Å². The van der Waals surface area contributed by atoms with Gasteiger partial charge >= 0.3 is 0 Å². The number of ether oxygens (including phenoxy) is 1. The molecule has 114 valence electrons. The number of morpholine rings is 1. The van der Waals surface area contributed by atoms with Gasteiger partial charge in [-0.3, -0.25) is 4.79 Å². The second kappa shape index (κ2) is 6.85. The number of aromatic nitrogens is 2. The maximum atomic E-state index is 12.3. The molecule has 2 fully saturated rings. The summed E-state index contributed by atoms with van der Waals surface area (Å²) in [5.41, 5.74) is 0.547. The van der Waals surface area contributed by atoms with Gasteiger partial charge in [-0.15, -0.1) is 0 Å². The van der Waals surface area contributed by atoms with Gasteiger partial charge in [-0.2, -0.15) is 0 Å². The van der Waals surface area contributed by atoms with E-state index in [0.29, 0.717) is 43.9 Å². The van der Waals surface area contributed by atoms with Crippen molar-refractivity contribution >= 4 is 11.9 Å². The first kappa shape index (κ1) is 14.3. The van der Waals surface area contributed by atoms with Gasteiger partial charge in [0.05, 0.1) is 18.8 Å². The Morgan fingerprint density at radius 3 is 2.48 bits per heavy atom. The standard InChI is InChI=1S/C15H22N4O2/c20-14(19-6-8-21-9-7-19)12-10-16-15(17-11-12)18-13-4-2-1-3-5-13/h10-11,13H,1-9H2,(H,16,17,18). The van der Waals surface area contributed by atoms with Crippen molar-refractivity contribution in [2.75, 3.05) is 31.6 Å². The minimum Gasteiger partial charge on any atom is -0.378 e. The monoisotopic (exact) mass is 290 g/mol. The predicted molar refractivity (Wildman–Crippen MR) is 79.3 cm³/mol. The van der Waals surface area contributed by atoms with Gasteiger partial charge in [0.1, 0.15) is 0 Å². The van der Waals surface area contributed by atoms with Crippen LogP contribution in [-0.2, 0) is 4.74 Å². The molecule has 0 atom stereocenters. The van der Waals surface area contributed by atoms with Crippen LogP contribution < -0.4 is 5.32 Å². The summed E-state index contributed by atoms with van der Waals surface area (Å²) in [6.45, 7) is 2.49. The Hall–Kier alpha value is -1.69. The second-order valence-electron chi connectivity index (χ2n) is 5.68. The summed E-state index contributed by atoms with van der Waals surface area (Å²) in [5, 5.41) is 3.36. The SMILES string of the molecule is O=C(c1cnc(NC2CCCCC2)nc1)N1CCOCC1. The van der Waals surface area contributed by atoms with Crippen molar-refractivity contribution in [2.45, 2.75) is 38.1 Å². The first-order valence-electron chi connectivity index (χ1n) is 7.78. The van der Waals surface area contributed by atoms with E-state index in [1.54, 1.807) is 17.3 Å². The molecule has 1 amide bonds. The molecule has 1 saturated carbocycles. The maximum absolute atomic E-state index is 12.3. The third-order valence-corrected chi connectivity index (χ3v) is 4.14. The highest BCUT2D eigenvalue weighted by Gasteiger charge is 2.19. The minimum absolute atomic E-state index is 0.0116. The lowest BCUT2D eigenvalue weighted by Crippen LogP contribution is -2.40. The van der Waals surface area contributed by atoms with Crippen molar-refractivity contribution in [3.05, 3.63) is 18.0 Å². The van der Waals surface area contributed by atoms with Crippen LogP contribution in [0.2, 0.25) is 0 Å². The average molecular weight is 290 g/mol. The van der Waals surface area contributed by atoms with E-state index in [-0.39, 0.29) is 5.91 Å². The van der Waals surface area contributed by atoms with Crippen molar-refractivity contribution in [3.63, 3.8) is 0 Å². The zero-order chi connectivity index (χ0) is 14.5. The van der Waals surface area contributed by atoms with E-state index in [0.717, 1.165) is 0 Å². The van der Waals surface area contributed by atoms with Crippen LogP contribution in [0.4, 0.5) is 5.95 Å². The van der Waals surface area contributed by atoms with E-state index >= 15 is 0 Å². The number of carbonyl (C=O) groups is 1. The molecule has 1 aromatic rings. The molecule has 6 heteroatoms. The largest absolute Gasteiger partial charge is 0.378 e. The van der Waals surface area contributed by atoms with Gasteiger partial charge in [0.25, 0.3) is 5.91 Å². The average Bonchev–Trinajstić information content (AvgIpc) is 2.57. The maximum Gasteiger partial charge on any atom is 0.257 e. The summed E-state index contributed by atoms with van der Waals surface area (Å²) in [6, 6.07) is 0.472. The van der Waals surface area contributed by atoms with Crippen LogP contribution in [0.3, 0.4) is 0 Å². The van der Waals surface area contributed by atoms with Crippen molar-refractivity contribution in [2.24, 2.45) is 0 Å². The molecule has 0 unspecified atom stereocenters. The molecule has 0 spiro atoms. The zero-order valence-corrected chi connectivity index (χ0v) is 12.3. The molecular weight excluding hydrogens is 268 g/mol. The van der Waals surface area contributed by atoms with Crippen LogP contribution in [0, 0.1) is 0 Å². The van der Waals surface area contributed by atoms with Crippen LogP contribution in [0.25, 0.3) is 0 Å².